The van der Waals surface area contributed by atoms with Crippen LogP contribution in [0.5, 0.6) is 5.75 Å². The number of likely N-dealkylation sites (tertiary alicyclic amines) is 1. The van der Waals surface area contributed by atoms with Gasteiger partial charge in [-0.05, 0) is 25.0 Å². The number of hydrogen-bond acceptors (Lipinski definition) is 6. The van der Waals surface area contributed by atoms with E-state index in [1.165, 1.54) is 0 Å². The molecule has 1 amide bonds. The number of amides is 1. The third-order valence-corrected chi connectivity index (χ3v) is 5.54. The molecule has 2 atom stereocenters. The zero-order valence-electron chi connectivity index (χ0n) is 13.5. The number of ether oxygens (including phenoxy) is 1. The van der Waals surface area contributed by atoms with E-state index in [0.717, 1.165) is 30.0 Å². The van der Waals surface area contributed by atoms with Crippen LogP contribution in [-0.4, -0.2) is 45.9 Å². The van der Waals surface area contributed by atoms with E-state index in [1.54, 1.807) is 18.7 Å². The molecule has 126 valence electrons. The van der Waals surface area contributed by atoms with E-state index >= 15 is 0 Å². The molecule has 0 bridgehead atoms. The Balaban J connectivity index is 1.45. The van der Waals surface area contributed by atoms with Crippen LogP contribution in [0.25, 0.3) is 0 Å². The molecule has 1 aromatic heterocycles. The minimum atomic E-state index is -0.421. The van der Waals surface area contributed by atoms with Gasteiger partial charge in [0.15, 0.2) is 11.9 Å². The molecule has 2 aliphatic rings. The van der Waals surface area contributed by atoms with Crippen LogP contribution < -0.4 is 4.74 Å². The van der Waals surface area contributed by atoms with Crippen molar-refractivity contribution in [3.05, 3.63) is 36.0 Å². The number of carbonyl (C=O) groups is 1. The molecule has 1 saturated heterocycles. The van der Waals surface area contributed by atoms with E-state index in [4.69, 9.17) is 9.26 Å². The summed E-state index contributed by atoms with van der Waals surface area (Å²) in [7, 11) is 0. The van der Waals surface area contributed by atoms with Crippen LogP contribution in [0.3, 0.4) is 0 Å². The van der Waals surface area contributed by atoms with E-state index in [9.17, 15) is 4.79 Å². The Labute approximate surface area is 144 Å². The molecule has 0 aliphatic carbocycles. The Morgan fingerprint density at radius 2 is 2.25 bits per heavy atom. The molecule has 6 nitrogen and oxygen atoms in total. The number of fused-ring (bicyclic) bond motifs is 1. The maximum absolute atomic E-state index is 12.9. The number of benzene rings is 1. The van der Waals surface area contributed by atoms with E-state index in [1.807, 2.05) is 29.2 Å². The molecule has 2 aliphatic heterocycles. The number of hydrogen-bond donors (Lipinski definition) is 0. The summed E-state index contributed by atoms with van der Waals surface area (Å²) in [5.41, 5.74) is 0. The van der Waals surface area contributed by atoms with Crippen molar-refractivity contribution in [1.82, 2.24) is 15.0 Å². The molecule has 0 N–H and O–H groups in total. The summed E-state index contributed by atoms with van der Waals surface area (Å²) in [6.07, 6.45) is 1.50. The van der Waals surface area contributed by atoms with Gasteiger partial charge in [-0.25, -0.2) is 0 Å². The average Bonchev–Trinajstić information content (AvgIpc) is 3.07. The predicted molar refractivity (Wildman–Crippen MR) is 89.2 cm³/mol. The standard InChI is InChI=1S/C17H19N3O3S/c1-11-18-16(19-23-11)12-5-4-8-20(9-12)17(21)14-10-24-15-7-3-2-6-13(15)22-14/h2-3,6-7,12,14H,4-5,8-10H2,1H3. The second kappa shape index (κ2) is 6.47. The fourth-order valence-corrected chi connectivity index (χ4v) is 4.19. The highest BCUT2D eigenvalue weighted by Gasteiger charge is 2.34. The lowest BCUT2D eigenvalue weighted by atomic mass is 9.97. The van der Waals surface area contributed by atoms with Crippen LogP contribution in [0.15, 0.2) is 33.7 Å². The summed E-state index contributed by atoms with van der Waals surface area (Å²) >= 11 is 1.68. The van der Waals surface area contributed by atoms with Crippen molar-refractivity contribution in [2.45, 2.75) is 36.7 Å². The number of aryl methyl sites for hydroxylation is 1. The largest absolute Gasteiger partial charge is 0.479 e. The Hall–Kier alpha value is -2.02. The summed E-state index contributed by atoms with van der Waals surface area (Å²) in [5.74, 6) is 2.92. The molecule has 2 unspecified atom stereocenters. The van der Waals surface area contributed by atoms with Gasteiger partial charge in [0.05, 0.1) is 0 Å². The van der Waals surface area contributed by atoms with Crippen molar-refractivity contribution in [3.8, 4) is 5.75 Å². The molecule has 2 aromatic rings. The van der Waals surface area contributed by atoms with Gasteiger partial charge >= 0.3 is 0 Å². The number of nitrogens with zero attached hydrogens (tertiary/aromatic N) is 3. The third-order valence-electron chi connectivity index (χ3n) is 4.43. The number of thioether (sulfide) groups is 1. The summed E-state index contributed by atoms with van der Waals surface area (Å²) in [4.78, 5) is 20.2. The topological polar surface area (TPSA) is 68.5 Å². The Kier molecular flexibility index (Phi) is 4.18. The zero-order chi connectivity index (χ0) is 16.5. The van der Waals surface area contributed by atoms with Gasteiger partial charge in [0.1, 0.15) is 5.75 Å². The molecule has 0 radical (unpaired) electrons. The Bertz CT molecular complexity index is 748. The fourth-order valence-electron chi connectivity index (χ4n) is 3.21. The predicted octanol–water partition coefficient (Wildman–Crippen LogP) is 2.64. The highest BCUT2D eigenvalue weighted by atomic mass is 32.2. The monoisotopic (exact) mass is 345 g/mol. The first-order valence-electron chi connectivity index (χ1n) is 8.18. The summed E-state index contributed by atoms with van der Waals surface area (Å²) in [5, 5.41) is 4.02. The molecule has 1 aromatic carbocycles. The molecule has 3 heterocycles. The molecule has 7 heteroatoms. The summed E-state index contributed by atoms with van der Waals surface area (Å²) in [6, 6.07) is 7.86. The summed E-state index contributed by atoms with van der Waals surface area (Å²) < 4.78 is 11.0. The molecule has 0 spiro atoms. The maximum Gasteiger partial charge on any atom is 0.264 e. The van der Waals surface area contributed by atoms with Crippen LogP contribution in [0.1, 0.15) is 30.5 Å². The zero-order valence-corrected chi connectivity index (χ0v) is 14.3. The fraction of sp³-hybridized carbons (Fsp3) is 0.471. The number of carbonyl (C=O) groups excluding carboxylic acids is 1. The van der Waals surface area contributed by atoms with E-state index in [0.29, 0.717) is 24.0 Å². The SMILES string of the molecule is Cc1nc(C2CCCN(C(=O)C3CSc4ccccc4O3)C2)no1. The van der Waals surface area contributed by atoms with Crippen molar-refractivity contribution < 1.29 is 14.1 Å². The van der Waals surface area contributed by atoms with Gasteiger partial charge in [0, 0.05) is 36.6 Å². The third kappa shape index (κ3) is 3.00. The van der Waals surface area contributed by atoms with Gasteiger partial charge < -0.3 is 14.2 Å². The molecule has 24 heavy (non-hydrogen) atoms. The lowest BCUT2D eigenvalue weighted by molar-refractivity contribution is -0.139. The summed E-state index contributed by atoms with van der Waals surface area (Å²) in [6.45, 7) is 3.18. The van der Waals surface area contributed by atoms with Crippen LogP contribution in [0.2, 0.25) is 0 Å². The van der Waals surface area contributed by atoms with Crippen molar-refractivity contribution in [2.75, 3.05) is 18.8 Å². The first-order chi connectivity index (χ1) is 11.7. The van der Waals surface area contributed by atoms with Gasteiger partial charge in [-0.1, -0.05) is 17.3 Å². The van der Waals surface area contributed by atoms with Crippen LogP contribution in [-0.2, 0) is 4.79 Å². The minimum Gasteiger partial charge on any atom is -0.479 e. The smallest absolute Gasteiger partial charge is 0.264 e. The van der Waals surface area contributed by atoms with E-state index in [-0.39, 0.29) is 11.8 Å². The minimum absolute atomic E-state index is 0.0573. The lowest BCUT2D eigenvalue weighted by Gasteiger charge is -2.35. The quantitative estimate of drug-likeness (QED) is 0.833. The van der Waals surface area contributed by atoms with Gasteiger partial charge in [-0.2, -0.15) is 4.98 Å². The maximum atomic E-state index is 12.9. The number of rotatable bonds is 2. The molecule has 1 fully saturated rings. The second-order valence-corrected chi connectivity index (χ2v) is 7.22. The average molecular weight is 345 g/mol. The Morgan fingerprint density at radius 3 is 3.08 bits per heavy atom. The van der Waals surface area contributed by atoms with E-state index < -0.39 is 6.10 Å². The Morgan fingerprint density at radius 1 is 1.38 bits per heavy atom. The molecule has 0 saturated carbocycles. The lowest BCUT2D eigenvalue weighted by Crippen LogP contribution is -2.48. The van der Waals surface area contributed by atoms with Gasteiger partial charge in [-0.15, -0.1) is 11.8 Å². The number of para-hydroxylation sites is 1. The van der Waals surface area contributed by atoms with Crippen molar-refractivity contribution in [2.24, 2.45) is 0 Å². The first kappa shape index (κ1) is 15.5. The van der Waals surface area contributed by atoms with Crippen LogP contribution >= 0.6 is 11.8 Å². The second-order valence-electron chi connectivity index (χ2n) is 6.16. The molecule has 4 rings (SSSR count). The van der Waals surface area contributed by atoms with Gasteiger partial charge in [0.25, 0.3) is 5.91 Å². The van der Waals surface area contributed by atoms with Crippen molar-refractivity contribution in [3.63, 3.8) is 0 Å². The van der Waals surface area contributed by atoms with E-state index in [2.05, 4.69) is 10.1 Å². The van der Waals surface area contributed by atoms with Crippen molar-refractivity contribution >= 4 is 17.7 Å². The number of aromatic nitrogens is 2. The molecular formula is C17H19N3O3S. The highest BCUT2D eigenvalue weighted by molar-refractivity contribution is 7.99. The first-order valence-corrected chi connectivity index (χ1v) is 9.17. The van der Waals surface area contributed by atoms with Gasteiger partial charge in [-0.3, -0.25) is 4.79 Å². The van der Waals surface area contributed by atoms with Crippen molar-refractivity contribution in [1.29, 1.82) is 0 Å². The van der Waals surface area contributed by atoms with Gasteiger partial charge in [0.2, 0.25) is 5.89 Å². The van der Waals surface area contributed by atoms with Crippen LogP contribution in [0, 0.1) is 6.92 Å². The highest BCUT2D eigenvalue weighted by Crippen LogP contribution is 2.36. The molecular weight excluding hydrogens is 326 g/mol. The van der Waals surface area contributed by atoms with Crippen LogP contribution in [0.4, 0.5) is 0 Å². The number of piperidine rings is 1. The normalized spacial score (nSPS) is 23.5.